The van der Waals surface area contributed by atoms with Crippen molar-refractivity contribution in [2.24, 2.45) is 10.8 Å². The Bertz CT molecular complexity index is 1250. The number of anilines is 2. The highest BCUT2D eigenvalue weighted by molar-refractivity contribution is 5.81. The number of aromatic nitrogens is 2. The monoisotopic (exact) mass is 517 g/mol. The Morgan fingerprint density at radius 2 is 1.73 bits per heavy atom. The number of fused-ring (bicyclic) bond motifs is 1. The molecule has 200 valence electrons. The average molecular weight is 518 g/mol. The zero-order valence-corrected chi connectivity index (χ0v) is 21.9. The molecule has 3 aromatic rings. The highest BCUT2D eigenvalue weighted by Gasteiger charge is 2.40. The van der Waals surface area contributed by atoms with Crippen molar-refractivity contribution in [3.63, 3.8) is 0 Å². The van der Waals surface area contributed by atoms with E-state index in [0.29, 0.717) is 18.1 Å². The summed E-state index contributed by atoms with van der Waals surface area (Å²) in [6, 6.07) is 11.9. The number of alkyl halides is 3. The first kappa shape index (κ1) is 26.8. The van der Waals surface area contributed by atoms with Gasteiger partial charge in [0.05, 0.1) is 18.1 Å². The molecule has 1 aromatic heterocycles. The summed E-state index contributed by atoms with van der Waals surface area (Å²) in [7, 11) is 1.38. The number of nitrogens with one attached hydrogen (secondary N) is 1. The Hall–Kier alpha value is -3.23. The minimum atomic E-state index is -4.74. The minimum Gasteiger partial charge on any atom is -0.469 e. The Morgan fingerprint density at radius 1 is 1.08 bits per heavy atom. The fourth-order valence-electron chi connectivity index (χ4n) is 5.95. The molecule has 1 N–H and O–H groups in total. The second-order valence-electron chi connectivity index (χ2n) is 11.5. The number of halogens is 3. The number of benzene rings is 2. The maximum absolute atomic E-state index is 12.6. The third-order valence-electron chi connectivity index (χ3n) is 6.84. The van der Waals surface area contributed by atoms with Gasteiger partial charge < -0.3 is 19.4 Å². The van der Waals surface area contributed by atoms with E-state index in [1.807, 2.05) is 18.2 Å². The number of carbonyl (C=O) groups is 1. The molecular weight excluding hydrogens is 483 g/mol. The van der Waals surface area contributed by atoms with Gasteiger partial charge in [0, 0.05) is 18.2 Å². The van der Waals surface area contributed by atoms with Crippen molar-refractivity contribution in [1.82, 2.24) is 9.55 Å². The topological polar surface area (TPSA) is 65.4 Å². The number of aryl methyl sites for hydroxylation is 1. The summed E-state index contributed by atoms with van der Waals surface area (Å²) in [4.78, 5) is 16.5. The van der Waals surface area contributed by atoms with Crippen molar-refractivity contribution < 1.29 is 27.4 Å². The molecule has 6 nitrogen and oxygen atoms in total. The molecule has 0 aliphatic heterocycles. The number of ether oxygens (including phenoxy) is 2. The lowest BCUT2D eigenvalue weighted by molar-refractivity contribution is -0.274. The zero-order valence-electron chi connectivity index (χ0n) is 21.9. The van der Waals surface area contributed by atoms with E-state index < -0.39 is 6.36 Å². The van der Waals surface area contributed by atoms with Crippen LogP contribution in [0.25, 0.3) is 11.0 Å². The number of hydrogen-bond donors (Lipinski definition) is 1. The van der Waals surface area contributed by atoms with Crippen molar-refractivity contribution >= 4 is 28.6 Å². The van der Waals surface area contributed by atoms with Crippen molar-refractivity contribution in [2.45, 2.75) is 72.2 Å². The van der Waals surface area contributed by atoms with Gasteiger partial charge in [-0.25, -0.2) is 4.98 Å². The second kappa shape index (κ2) is 9.91. The Balaban J connectivity index is 1.71. The van der Waals surface area contributed by atoms with Gasteiger partial charge in [-0.2, -0.15) is 0 Å². The maximum Gasteiger partial charge on any atom is 0.573 e. The molecule has 1 aliphatic carbocycles. The molecular formula is C28H34F3N3O3. The predicted molar refractivity (Wildman–Crippen MR) is 137 cm³/mol. The van der Waals surface area contributed by atoms with Crippen molar-refractivity contribution in [3.05, 3.63) is 48.0 Å². The molecule has 0 amide bonds. The molecule has 0 spiro atoms. The van der Waals surface area contributed by atoms with E-state index in [-0.39, 0.29) is 35.0 Å². The summed E-state index contributed by atoms with van der Waals surface area (Å²) < 4.78 is 48.7. The van der Waals surface area contributed by atoms with Crippen LogP contribution in [-0.2, 0) is 16.0 Å². The van der Waals surface area contributed by atoms with Gasteiger partial charge >= 0.3 is 12.3 Å². The molecule has 37 heavy (non-hydrogen) atoms. The van der Waals surface area contributed by atoms with E-state index in [2.05, 4.69) is 42.3 Å². The molecule has 0 unspecified atom stereocenters. The van der Waals surface area contributed by atoms with Crippen LogP contribution < -0.4 is 10.1 Å². The molecule has 4 rings (SSSR count). The molecule has 2 aromatic carbocycles. The zero-order chi connectivity index (χ0) is 27.0. The summed E-state index contributed by atoms with van der Waals surface area (Å²) in [6.45, 7) is 9.16. The van der Waals surface area contributed by atoms with Crippen LogP contribution in [0.4, 0.5) is 24.8 Å². The predicted octanol–water partition coefficient (Wildman–Crippen LogP) is 7.56. The van der Waals surface area contributed by atoms with Crippen LogP contribution in [-0.4, -0.2) is 29.0 Å². The lowest BCUT2D eigenvalue weighted by atomic mass is 9.63. The molecule has 0 atom stereocenters. The Kier molecular flexibility index (Phi) is 7.18. The molecule has 0 saturated heterocycles. The number of imidazole rings is 1. The van der Waals surface area contributed by atoms with Crippen LogP contribution in [0, 0.1) is 10.8 Å². The van der Waals surface area contributed by atoms with E-state index in [9.17, 15) is 18.0 Å². The van der Waals surface area contributed by atoms with E-state index in [1.165, 1.54) is 19.2 Å². The summed E-state index contributed by atoms with van der Waals surface area (Å²) >= 11 is 0. The fraction of sp³-hybridized carbons (Fsp3) is 0.500. The highest BCUT2D eigenvalue weighted by atomic mass is 19.4. The minimum absolute atomic E-state index is 0.136. The molecule has 1 aliphatic rings. The van der Waals surface area contributed by atoms with Gasteiger partial charge in [-0.05, 0) is 78.5 Å². The van der Waals surface area contributed by atoms with Crippen LogP contribution in [0.15, 0.2) is 42.5 Å². The largest absolute Gasteiger partial charge is 0.573 e. The lowest BCUT2D eigenvalue weighted by Crippen LogP contribution is -2.35. The van der Waals surface area contributed by atoms with Crippen molar-refractivity contribution in [3.8, 4) is 5.75 Å². The van der Waals surface area contributed by atoms with Gasteiger partial charge in [0.15, 0.2) is 0 Å². The van der Waals surface area contributed by atoms with Gasteiger partial charge in [0.1, 0.15) is 5.75 Å². The van der Waals surface area contributed by atoms with Crippen molar-refractivity contribution in [2.75, 3.05) is 12.4 Å². The van der Waals surface area contributed by atoms with E-state index >= 15 is 0 Å². The standard InChI is InChI=1S/C28H34F3N3O3/c1-26(2)15-20(16-27(3,4)17-26)34-23-12-6-18(7-13-24(35)36-5)14-22(23)33-25(34)32-19-8-10-21(11-9-19)37-28(29,30)31/h6,8-12,14,20H,7,13,15-17H2,1-5H3,(H,32,33). The third-order valence-corrected chi connectivity index (χ3v) is 6.84. The van der Waals surface area contributed by atoms with Gasteiger partial charge in [-0.1, -0.05) is 33.8 Å². The number of methoxy groups -OCH3 is 1. The normalized spacial score (nSPS) is 17.5. The molecule has 9 heteroatoms. The first-order chi connectivity index (χ1) is 17.2. The third kappa shape index (κ3) is 6.76. The van der Waals surface area contributed by atoms with Crippen LogP contribution in [0.1, 0.15) is 65.0 Å². The molecule has 0 radical (unpaired) electrons. The van der Waals surface area contributed by atoms with E-state index in [0.717, 1.165) is 35.9 Å². The number of nitrogens with zero attached hydrogens (tertiary/aromatic N) is 2. The number of rotatable bonds is 7. The first-order valence-electron chi connectivity index (χ1n) is 12.4. The maximum atomic E-state index is 12.6. The smallest absolute Gasteiger partial charge is 0.469 e. The van der Waals surface area contributed by atoms with Crippen molar-refractivity contribution in [1.29, 1.82) is 0 Å². The van der Waals surface area contributed by atoms with E-state index in [1.54, 1.807) is 12.1 Å². The molecule has 0 bridgehead atoms. The number of hydrogen-bond acceptors (Lipinski definition) is 5. The van der Waals surface area contributed by atoms with Gasteiger partial charge in [0.25, 0.3) is 0 Å². The Labute approximate surface area is 215 Å². The van der Waals surface area contributed by atoms with Crippen LogP contribution in [0.3, 0.4) is 0 Å². The van der Waals surface area contributed by atoms with E-state index in [4.69, 9.17) is 9.72 Å². The van der Waals surface area contributed by atoms with Crippen LogP contribution >= 0.6 is 0 Å². The molecule has 1 heterocycles. The number of esters is 1. The van der Waals surface area contributed by atoms with Gasteiger partial charge in [0.2, 0.25) is 5.95 Å². The summed E-state index contributed by atoms with van der Waals surface area (Å²) in [5.41, 5.74) is 3.62. The van der Waals surface area contributed by atoms with Gasteiger partial charge in [-0.3, -0.25) is 4.79 Å². The fourth-order valence-corrected chi connectivity index (χ4v) is 5.95. The summed E-state index contributed by atoms with van der Waals surface area (Å²) in [5, 5.41) is 3.32. The second-order valence-corrected chi connectivity index (χ2v) is 11.5. The SMILES string of the molecule is COC(=O)CCc1ccc2c(c1)nc(Nc1ccc(OC(F)(F)F)cc1)n2C1CC(C)(C)CC(C)(C)C1. The Morgan fingerprint density at radius 3 is 2.32 bits per heavy atom. The quantitative estimate of drug-likeness (QED) is 0.328. The number of carbonyl (C=O) groups excluding carboxylic acids is 1. The highest BCUT2D eigenvalue weighted by Crippen LogP contribution is 2.51. The van der Waals surface area contributed by atoms with Crippen LogP contribution in [0.5, 0.6) is 5.75 Å². The lowest BCUT2D eigenvalue weighted by Gasteiger charge is -2.45. The molecule has 1 fully saturated rings. The van der Waals surface area contributed by atoms with Crippen LogP contribution in [0.2, 0.25) is 0 Å². The van der Waals surface area contributed by atoms with Gasteiger partial charge in [-0.15, -0.1) is 13.2 Å². The first-order valence-corrected chi connectivity index (χ1v) is 12.4. The summed E-state index contributed by atoms with van der Waals surface area (Å²) in [6.07, 6.45) is -0.856. The summed E-state index contributed by atoms with van der Waals surface area (Å²) in [5.74, 6) is 0.0817. The average Bonchev–Trinajstić information content (AvgIpc) is 3.12. The molecule has 1 saturated carbocycles.